The molecule has 0 unspecified atom stereocenters. The van der Waals surface area contributed by atoms with E-state index < -0.39 is 11.8 Å². The van der Waals surface area contributed by atoms with E-state index in [0.29, 0.717) is 30.6 Å². The second-order valence-electron chi connectivity index (χ2n) is 4.68. The second kappa shape index (κ2) is 5.57. The number of carbonyl (C=O) groups excluding carboxylic acids is 2. The van der Waals surface area contributed by atoms with Gasteiger partial charge in [0.25, 0.3) is 0 Å². The monoisotopic (exact) mass is 324 g/mol. The number of piperazine rings is 1. The van der Waals surface area contributed by atoms with E-state index in [1.54, 1.807) is 0 Å². The molecule has 110 valence electrons. The Labute approximate surface area is 130 Å². The Morgan fingerprint density at radius 1 is 1.24 bits per heavy atom. The van der Waals surface area contributed by atoms with Crippen molar-refractivity contribution in [3.8, 4) is 0 Å². The van der Waals surface area contributed by atoms with Gasteiger partial charge in [-0.15, -0.1) is 11.3 Å². The Bertz CT molecular complexity index is 717. The highest BCUT2D eigenvalue weighted by Gasteiger charge is 2.32. The number of thiophene rings is 1. The van der Waals surface area contributed by atoms with Gasteiger partial charge in [-0.3, -0.25) is 9.59 Å². The van der Waals surface area contributed by atoms with Gasteiger partial charge in [-0.05, 0) is 18.4 Å². The average molecular weight is 325 g/mol. The fourth-order valence-corrected chi connectivity index (χ4v) is 3.36. The maximum absolute atomic E-state index is 12.0. The van der Waals surface area contributed by atoms with Crippen molar-refractivity contribution in [1.82, 2.24) is 19.8 Å². The first-order valence-electron chi connectivity index (χ1n) is 6.58. The minimum atomic E-state index is -0.505. The maximum Gasteiger partial charge on any atom is 0.312 e. The SMILES string of the molecule is CCN1CCN(Cc2nc(Cl)c3ccsc3n2)C(=O)C1=O. The number of aromatic nitrogens is 2. The molecule has 1 aliphatic rings. The molecule has 2 aromatic rings. The Morgan fingerprint density at radius 3 is 2.71 bits per heavy atom. The molecule has 0 aliphatic carbocycles. The molecule has 1 aliphatic heterocycles. The largest absolute Gasteiger partial charge is 0.333 e. The van der Waals surface area contributed by atoms with E-state index >= 15 is 0 Å². The van der Waals surface area contributed by atoms with Gasteiger partial charge in [0.2, 0.25) is 0 Å². The van der Waals surface area contributed by atoms with Crippen molar-refractivity contribution in [2.75, 3.05) is 19.6 Å². The van der Waals surface area contributed by atoms with E-state index in [4.69, 9.17) is 11.6 Å². The number of hydrogen-bond donors (Lipinski definition) is 0. The van der Waals surface area contributed by atoms with E-state index in [9.17, 15) is 9.59 Å². The molecule has 2 aromatic heterocycles. The predicted molar refractivity (Wildman–Crippen MR) is 80.1 cm³/mol. The van der Waals surface area contributed by atoms with Gasteiger partial charge in [-0.2, -0.15) is 0 Å². The number of carbonyl (C=O) groups is 2. The van der Waals surface area contributed by atoms with Crippen LogP contribution in [-0.4, -0.2) is 51.2 Å². The first-order valence-corrected chi connectivity index (χ1v) is 7.83. The van der Waals surface area contributed by atoms with Crippen molar-refractivity contribution in [3.63, 3.8) is 0 Å². The van der Waals surface area contributed by atoms with Crippen LogP contribution in [0.4, 0.5) is 0 Å². The van der Waals surface area contributed by atoms with Crippen LogP contribution in [0.2, 0.25) is 5.15 Å². The van der Waals surface area contributed by atoms with Crippen LogP contribution in [-0.2, 0) is 16.1 Å². The Kier molecular flexibility index (Phi) is 3.77. The zero-order chi connectivity index (χ0) is 15.0. The normalized spacial score (nSPS) is 16.1. The van der Waals surface area contributed by atoms with Gasteiger partial charge in [-0.25, -0.2) is 9.97 Å². The maximum atomic E-state index is 12.0. The summed E-state index contributed by atoms with van der Waals surface area (Å²) in [5.41, 5.74) is 0. The van der Waals surface area contributed by atoms with Crippen molar-refractivity contribution in [1.29, 1.82) is 0 Å². The van der Waals surface area contributed by atoms with Crippen LogP contribution in [0, 0.1) is 0 Å². The average Bonchev–Trinajstić information content (AvgIpc) is 2.93. The third-order valence-corrected chi connectivity index (χ3v) is 4.53. The van der Waals surface area contributed by atoms with Gasteiger partial charge in [-0.1, -0.05) is 11.6 Å². The zero-order valence-electron chi connectivity index (χ0n) is 11.4. The molecule has 0 bridgehead atoms. The third kappa shape index (κ3) is 2.58. The standard InChI is InChI=1S/C13H13ClN4O2S/c1-2-17-4-5-18(13(20)12(17)19)7-9-15-10(14)8-3-6-21-11(8)16-9/h3,6H,2,4-5,7H2,1H3. The molecule has 8 heteroatoms. The molecule has 0 aromatic carbocycles. The van der Waals surface area contributed by atoms with Crippen molar-refractivity contribution < 1.29 is 9.59 Å². The Hall–Kier alpha value is -1.73. The molecule has 6 nitrogen and oxygen atoms in total. The van der Waals surface area contributed by atoms with E-state index in [1.807, 2.05) is 18.4 Å². The van der Waals surface area contributed by atoms with E-state index in [1.165, 1.54) is 21.1 Å². The molecule has 0 spiro atoms. The number of hydrogen-bond acceptors (Lipinski definition) is 5. The van der Waals surface area contributed by atoms with Crippen LogP contribution in [0.1, 0.15) is 12.7 Å². The van der Waals surface area contributed by atoms with Gasteiger partial charge in [0.05, 0.1) is 6.54 Å². The van der Waals surface area contributed by atoms with Gasteiger partial charge < -0.3 is 9.80 Å². The predicted octanol–water partition coefficient (Wildman–Crippen LogP) is 1.54. The molecule has 0 N–H and O–H groups in total. The fourth-order valence-electron chi connectivity index (χ4n) is 2.27. The molecular formula is C13H13ClN4O2S. The summed E-state index contributed by atoms with van der Waals surface area (Å²) >= 11 is 7.58. The minimum Gasteiger partial charge on any atom is -0.333 e. The van der Waals surface area contributed by atoms with Gasteiger partial charge in [0.15, 0.2) is 5.82 Å². The molecule has 0 saturated carbocycles. The van der Waals surface area contributed by atoms with Crippen LogP contribution < -0.4 is 0 Å². The lowest BCUT2D eigenvalue weighted by Crippen LogP contribution is -2.53. The topological polar surface area (TPSA) is 66.4 Å². The van der Waals surface area contributed by atoms with Crippen LogP contribution in [0.5, 0.6) is 0 Å². The van der Waals surface area contributed by atoms with Crippen LogP contribution >= 0.6 is 22.9 Å². The first kappa shape index (κ1) is 14.2. The van der Waals surface area contributed by atoms with Gasteiger partial charge in [0.1, 0.15) is 9.98 Å². The van der Waals surface area contributed by atoms with Crippen LogP contribution in [0.15, 0.2) is 11.4 Å². The molecule has 3 heterocycles. The molecule has 1 fully saturated rings. The molecule has 21 heavy (non-hydrogen) atoms. The summed E-state index contributed by atoms with van der Waals surface area (Å²) in [6, 6.07) is 1.86. The fraction of sp³-hybridized carbons (Fsp3) is 0.385. The molecular weight excluding hydrogens is 312 g/mol. The smallest absolute Gasteiger partial charge is 0.312 e. The van der Waals surface area contributed by atoms with Crippen molar-refractivity contribution in [3.05, 3.63) is 22.4 Å². The first-order chi connectivity index (χ1) is 10.1. The number of amides is 2. The van der Waals surface area contributed by atoms with Gasteiger partial charge in [0, 0.05) is 25.0 Å². The Morgan fingerprint density at radius 2 is 1.95 bits per heavy atom. The lowest BCUT2D eigenvalue weighted by Gasteiger charge is -2.32. The van der Waals surface area contributed by atoms with Gasteiger partial charge >= 0.3 is 11.8 Å². The summed E-state index contributed by atoms with van der Waals surface area (Å²) in [5, 5.41) is 3.08. The lowest BCUT2D eigenvalue weighted by molar-refractivity contribution is -0.156. The van der Waals surface area contributed by atoms with Crippen molar-refractivity contribution in [2.45, 2.75) is 13.5 Å². The van der Waals surface area contributed by atoms with Crippen LogP contribution in [0.25, 0.3) is 10.2 Å². The summed E-state index contributed by atoms with van der Waals surface area (Å²) in [6.45, 7) is 3.63. The summed E-state index contributed by atoms with van der Waals surface area (Å²) in [5.74, 6) is -0.512. The summed E-state index contributed by atoms with van der Waals surface area (Å²) in [4.78, 5) is 36.3. The van der Waals surface area contributed by atoms with Crippen molar-refractivity contribution in [2.24, 2.45) is 0 Å². The number of halogens is 1. The summed E-state index contributed by atoms with van der Waals surface area (Å²) in [7, 11) is 0. The number of fused-ring (bicyclic) bond motifs is 1. The summed E-state index contributed by atoms with van der Waals surface area (Å²) in [6.07, 6.45) is 0. The van der Waals surface area contributed by atoms with E-state index in [-0.39, 0.29) is 6.54 Å². The number of nitrogens with zero attached hydrogens (tertiary/aromatic N) is 4. The van der Waals surface area contributed by atoms with Crippen molar-refractivity contribution >= 4 is 45.0 Å². The number of likely N-dealkylation sites (N-methyl/N-ethyl adjacent to an activating group) is 1. The quantitative estimate of drug-likeness (QED) is 0.634. The zero-order valence-corrected chi connectivity index (χ0v) is 12.9. The minimum absolute atomic E-state index is 0.204. The molecule has 1 saturated heterocycles. The highest BCUT2D eigenvalue weighted by atomic mass is 35.5. The molecule has 0 radical (unpaired) electrons. The molecule has 3 rings (SSSR count). The summed E-state index contributed by atoms with van der Waals surface area (Å²) < 4.78 is 0. The molecule has 0 atom stereocenters. The Balaban J connectivity index is 1.82. The van der Waals surface area contributed by atoms with Crippen LogP contribution in [0.3, 0.4) is 0 Å². The lowest BCUT2D eigenvalue weighted by atomic mass is 10.3. The van der Waals surface area contributed by atoms with E-state index in [0.717, 1.165) is 10.2 Å². The third-order valence-electron chi connectivity index (χ3n) is 3.44. The highest BCUT2D eigenvalue weighted by Crippen LogP contribution is 2.25. The number of rotatable bonds is 3. The second-order valence-corrected chi connectivity index (χ2v) is 5.93. The van der Waals surface area contributed by atoms with E-state index in [2.05, 4.69) is 9.97 Å². The highest BCUT2D eigenvalue weighted by molar-refractivity contribution is 7.16. The molecule has 2 amide bonds.